The van der Waals surface area contributed by atoms with Crippen LogP contribution in [0.2, 0.25) is 0 Å². The molecule has 2 aromatic carbocycles. The fraction of sp³-hybridized carbons (Fsp3) is 0.273. The number of anilines is 1. The van der Waals surface area contributed by atoms with Gasteiger partial charge >= 0.3 is 5.97 Å². The lowest BCUT2D eigenvalue weighted by Gasteiger charge is -2.06. The lowest BCUT2D eigenvalue weighted by molar-refractivity contribution is 0.0499. The number of furan rings is 1. The summed E-state index contributed by atoms with van der Waals surface area (Å²) in [4.78, 5) is 24.6. The van der Waals surface area contributed by atoms with Gasteiger partial charge in [-0.2, -0.15) is 0 Å². The van der Waals surface area contributed by atoms with E-state index in [0.29, 0.717) is 29.2 Å². The zero-order valence-corrected chi connectivity index (χ0v) is 16.2. The highest BCUT2D eigenvalue weighted by Gasteiger charge is 2.18. The number of carbonyl (C=O) groups excluding carboxylic acids is 2. The molecule has 3 rings (SSSR count). The lowest BCUT2D eigenvalue weighted by atomic mass is 10.1. The summed E-state index contributed by atoms with van der Waals surface area (Å²) in [5.74, 6) is 0.218. The molecular formula is C22H23NO5. The zero-order chi connectivity index (χ0) is 20.1. The van der Waals surface area contributed by atoms with Gasteiger partial charge in [0, 0.05) is 16.6 Å². The molecule has 1 amide bonds. The Labute approximate surface area is 163 Å². The number of esters is 1. The smallest absolute Gasteiger partial charge is 0.338 e. The Balaban J connectivity index is 1.72. The third-order valence-corrected chi connectivity index (χ3v) is 4.46. The van der Waals surface area contributed by atoms with Gasteiger partial charge in [-0.3, -0.25) is 4.79 Å². The summed E-state index contributed by atoms with van der Waals surface area (Å²) in [6.45, 7) is 4.27. The van der Waals surface area contributed by atoms with E-state index in [0.717, 1.165) is 23.8 Å². The molecular weight excluding hydrogens is 358 g/mol. The van der Waals surface area contributed by atoms with Crippen molar-refractivity contribution < 1.29 is 23.5 Å². The van der Waals surface area contributed by atoms with Gasteiger partial charge in [-0.1, -0.05) is 13.3 Å². The van der Waals surface area contributed by atoms with Crippen molar-refractivity contribution in [1.29, 1.82) is 0 Å². The molecule has 0 aliphatic carbocycles. The minimum atomic E-state index is -0.367. The highest BCUT2D eigenvalue weighted by molar-refractivity contribution is 6.06. The van der Waals surface area contributed by atoms with Crippen LogP contribution in [-0.2, 0) is 4.74 Å². The first-order valence-electron chi connectivity index (χ1n) is 9.19. The first-order valence-corrected chi connectivity index (χ1v) is 9.19. The summed E-state index contributed by atoms with van der Waals surface area (Å²) >= 11 is 0. The van der Waals surface area contributed by atoms with Crippen LogP contribution >= 0.6 is 0 Å². The second-order valence-corrected chi connectivity index (χ2v) is 6.44. The maximum absolute atomic E-state index is 12.6. The van der Waals surface area contributed by atoms with Crippen LogP contribution in [0.3, 0.4) is 0 Å². The molecule has 0 saturated heterocycles. The van der Waals surface area contributed by atoms with Crippen molar-refractivity contribution in [2.45, 2.75) is 26.7 Å². The molecule has 0 atom stereocenters. The van der Waals surface area contributed by atoms with Gasteiger partial charge < -0.3 is 19.2 Å². The van der Waals surface area contributed by atoms with E-state index in [9.17, 15) is 9.59 Å². The molecule has 6 nitrogen and oxygen atoms in total. The summed E-state index contributed by atoms with van der Waals surface area (Å²) in [6.07, 6.45) is 1.80. The molecule has 0 spiro atoms. The number of hydrogen-bond donors (Lipinski definition) is 1. The van der Waals surface area contributed by atoms with Crippen LogP contribution in [0, 0.1) is 6.92 Å². The summed E-state index contributed by atoms with van der Waals surface area (Å²) in [5.41, 5.74) is 2.37. The third-order valence-electron chi connectivity index (χ3n) is 4.46. The average Bonchev–Trinajstić information content (AvgIpc) is 3.04. The number of unbranched alkanes of at least 4 members (excludes halogenated alkanes) is 1. The first-order chi connectivity index (χ1) is 13.5. The van der Waals surface area contributed by atoms with Crippen molar-refractivity contribution >= 4 is 28.5 Å². The number of ether oxygens (including phenoxy) is 2. The van der Waals surface area contributed by atoms with E-state index in [1.807, 2.05) is 19.9 Å². The number of rotatable bonds is 7. The van der Waals surface area contributed by atoms with Crippen molar-refractivity contribution in [3.63, 3.8) is 0 Å². The first kappa shape index (κ1) is 19.5. The Morgan fingerprint density at radius 3 is 2.54 bits per heavy atom. The Hall–Kier alpha value is -3.28. The molecule has 146 valence electrons. The number of benzene rings is 2. The van der Waals surface area contributed by atoms with Gasteiger partial charge in [-0.15, -0.1) is 0 Å². The van der Waals surface area contributed by atoms with Gasteiger partial charge in [0.1, 0.15) is 11.3 Å². The highest BCUT2D eigenvalue weighted by atomic mass is 16.5. The molecule has 0 saturated carbocycles. The van der Waals surface area contributed by atoms with Gasteiger partial charge in [-0.05, 0) is 55.8 Å². The number of fused-ring (bicyclic) bond motifs is 1. The number of carbonyl (C=O) groups is 2. The lowest BCUT2D eigenvalue weighted by Crippen LogP contribution is -2.12. The van der Waals surface area contributed by atoms with Crippen LogP contribution in [0.5, 0.6) is 5.75 Å². The molecule has 1 aromatic heterocycles. The predicted molar refractivity (Wildman–Crippen MR) is 107 cm³/mol. The van der Waals surface area contributed by atoms with E-state index in [2.05, 4.69) is 5.32 Å². The van der Waals surface area contributed by atoms with Gasteiger partial charge in [0.05, 0.1) is 19.3 Å². The minimum absolute atomic E-state index is 0.242. The van der Waals surface area contributed by atoms with Crippen LogP contribution in [0.1, 0.15) is 46.2 Å². The maximum Gasteiger partial charge on any atom is 0.338 e. The second kappa shape index (κ2) is 8.61. The van der Waals surface area contributed by atoms with Crippen molar-refractivity contribution in [2.75, 3.05) is 19.0 Å². The Morgan fingerprint density at radius 2 is 1.86 bits per heavy atom. The topological polar surface area (TPSA) is 77.8 Å². The van der Waals surface area contributed by atoms with Crippen molar-refractivity contribution in [2.24, 2.45) is 0 Å². The van der Waals surface area contributed by atoms with Crippen molar-refractivity contribution in [1.82, 2.24) is 0 Å². The van der Waals surface area contributed by atoms with E-state index >= 15 is 0 Å². The Bertz CT molecular complexity index is 988. The van der Waals surface area contributed by atoms with Crippen LogP contribution in [0.15, 0.2) is 46.9 Å². The second-order valence-electron chi connectivity index (χ2n) is 6.44. The number of amides is 1. The molecule has 0 aliphatic rings. The maximum atomic E-state index is 12.6. The summed E-state index contributed by atoms with van der Waals surface area (Å²) in [6, 6.07) is 12.0. The van der Waals surface area contributed by atoms with Crippen LogP contribution in [-0.4, -0.2) is 25.6 Å². The van der Waals surface area contributed by atoms with E-state index in [1.165, 1.54) is 0 Å². The number of aryl methyl sites for hydroxylation is 1. The standard InChI is InChI=1S/C22H23NO5/c1-4-5-12-27-22(25)15-6-8-16(9-7-15)23-21(24)20-14(2)18-13-17(26-3)10-11-19(18)28-20/h6-11,13H,4-5,12H2,1-3H3,(H,23,24). The normalized spacial score (nSPS) is 10.7. The number of hydrogen-bond acceptors (Lipinski definition) is 5. The fourth-order valence-electron chi connectivity index (χ4n) is 2.81. The van der Waals surface area contributed by atoms with E-state index < -0.39 is 0 Å². The van der Waals surface area contributed by atoms with Gasteiger partial charge in [0.2, 0.25) is 0 Å². The van der Waals surface area contributed by atoms with Crippen LogP contribution < -0.4 is 10.1 Å². The zero-order valence-electron chi connectivity index (χ0n) is 16.2. The molecule has 28 heavy (non-hydrogen) atoms. The molecule has 3 aromatic rings. The minimum Gasteiger partial charge on any atom is -0.497 e. The molecule has 0 unspecified atom stereocenters. The third kappa shape index (κ3) is 4.17. The monoisotopic (exact) mass is 381 g/mol. The SMILES string of the molecule is CCCCOC(=O)c1ccc(NC(=O)c2oc3ccc(OC)cc3c2C)cc1. The summed E-state index contributed by atoms with van der Waals surface area (Å²) in [5, 5.41) is 3.62. The summed E-state index contributed by atoms with van der Waals surface area (Å²) in [7, 11) is 1.59. The van der Waals surface area contributed by atoms with E-state index in [4.69, 9.17) is 13.9 Å². The average molecular weight is 381 g/mol. The van der Waals surface area contributed by atoms with Crippen LogP contribution in [0.25, 0.3) is 11.0 Å². The molecule has 1 heterocycles. The van der Waals surface area contributed by atoms with Gasteiger partial charge in [0.15, 0.2) is 5.76 Å². The van der Waals surface area contributed by atoms with E-state index in [1.54, 1.807) is 43.5 Å². The molecule has 6 heteroatoms. The largest absolute Gasteiger partial charge is 0.497 e. The Morgan fingerprint density at radius 1 is 1.11 bits per heavy atom. The summed E-state index contributed by atoms with van der Waals surface area (Å²) < 4.78 is 16.1. The van der Waals surface area contributed by atoms with Gasteiger partial charge in [0.25, 0.3) is 5.91 Å². The van der Waals surface area contributed by atoms with Crippen molar-refractivity contribution in [3.8, 4) is 5.75 Å². The van der Waals surface area contributed by atoms with Crippen LogP contribution in [0.4, 0.5) is 5.69 Å². The quantitative estimate of drug-likeness (QED) is 0.462. The van der Waals surface area contributed by atoms with Gasteiger partial charge in [-0.25, -0.2) is 4.79 Å². The highest BCUT2D eigenvalue weighted by Crippen LogP contribution is 2.29. The molecule has 0 fully saturated rings. The van der Waals surface area contributed by atoms with E-state index in [-0.39, 0.29) is 17.6 Å². The molecule has 1 N–H and O–H groups in total. The molecule has 0 bridgehead atoms. The molecule has 0 aliphatic heterocycles. The van der Waals surface area contributed by atoms with Crippen molar-refractivity contribution in [3.05, 3.63) is 59.4 Å². The Kier molecular flexibility index (Phi) is 5.99. The predicted octanol–water partition coefficient (Wildman–Crippen LogP) is 4.96. The fourth-order valence-corrected chi connectivity index (χ4v) is 2.81. The molecule has 0 radical (unpaired) electrons. The number of nitrogens with one attached hydrogen (secondary N) is 1. The number of methoxy groups -OCH3 is 1.